The predicted octanol–water partition coefficient (Wildman–Crippen LogP) is 12.5. The van der Waals surface area contributed by atoms with Crippen molar-refractivity contribution in [3.63, 3.8) is 0 Å². The monoisotopic (exact) mass is 764 g/mol. The van der Waals surface area contributed by atoms with Crippen LogP contribution in [-0.2, 0) is 14.2 Å². The van der Waals surface area contributed by atoms with Crippen LogP contribution in [0.15, 0.2) is 109 Å². The Kier molecular flexibility index (Phi) is 7.69. The van der Waals surface area contributed by atoms with Gasteiger partial charge in [0.15, 0.2) is 0 Å². The van der Waals surface area contributed by atoms with Crippen LogP contribution in [0.1, 0.15) is 82.0 Å². The van der Waals surface area contributed by atoms with E-state index >= 15 is 0 Å². The fraction of sp³-hybridized carbons (Fsp3) is 0.333. The van der Waals surface area contributed by atoms with Crippen molar-refractivity contribution in [1.82, 2.24) is 0 Å². The summed E-state index contributed by atoms with van der Waals surface area (Å²) in [6, 6.07) is 36.5. The molecule has 2 atom stereocenters. The van der Waals surface area contributed by atoms with Gasteiger partial charge >= 0.3 is 264 Å². The molecule has 2 aliphatic carbocycles. The van der Waals surface area contributed by atoms with Crippen molar-refractivity contribution in [2.24, 2.45) is 0 Å². The molecule has 0 aliphatic heterocycles. The molecule has 2 heteroatoms. The van der Waals surface area contributed by atoms with Gasteiger partial charge in [-0.2, -0.15) is 0 Å². The zero-order valence-corrected chi connectivity index (χ0v) is 32.6. The molecule has 0 saturated heterocycles. The van der Waals surface area contributed by atoms with E-state index in [1.165, 1.54) is 80.3 Å². The van der Waals surface area contributed by atoms with E-state index in [-0.39, 0.29) is 0 Å². The van der Waals surface area contributed by atoms with Crippen molar-refractivity contribution >= 4 is 19.1 Å². The van der Waals surface area contributed by atoms with Crippen LogP contribution in [0.4, 0.5) is 0 Å². The van der Waals surface area contributed by atoms with Crippen LogP contribution in [0, 0.1) is 0 Å². The summed E-state index contributed by atoms with van der Waals surface area (Å²) in [6.07, 6.45) is 18.3. The van der Waals surface area contributed by atoms with Crippen molar-refractivity contribution < 1.29 is 14.2 Å². The van der Waals surface area contributed by atoms with Gasteiger partial charge in [0.2, 0.25) is 0 Å². The molecule has 4 aromatic rings. The average Bonchev–Trinajstić information content (AvgIpc) is 3.70. The number of hydrogen-bond donors (Lipinski definition) is 0. The van der Waals surface area contributed by atoms with Gasteiger partial charge in [-0.1, -0.05) is 0 Å². The third kappa shape index (κ3) is 4.87. The van der Waals surface area contributed by atoms with Crippen molar-refractivity contribution in [2.45, 2.75) is 77.4 Å². The maximum absolute atomic E-state index is 5.07. The summed E-state index contributed by atoms with van der Waals surface area (Å²) in [5.74, 6) is 0. The van der Waals surface area contributed by atoms with Gasteiger partial charge in [0.25, 0.3) is 0 Å². The number of fused-ring (bicyclic) bond motifs is 2. The van der Waals surface area contributed by atoms with Gasteiger partial charge in [0, 0.05) is 0 Å². The number of unbranched alkanes of at least 4 members (excludes halogenated alkanes) is 4. The van der Waals surface area contributed by atoms with Crippen molar-refractivity contribution in [3.05, 3.63) is 131 Å². The van der Waals surface area contributed by atoms with E-state index in [9.17, 15) is 0 Å². The molecule has 0 aromatic heterocycles. The molecule has 0 spiro atoms. The Labute approximate surface area is 262 Å². The third-order valence-corrected chi connectivity index (χ3v) is 69.4. The van der Waals surface area contributed by atoms with Crippen molar-refractivity contribution in [3.8, 4) is 22.3 Å². The van der Waals surface area contributed by atoms with Gasteiger partial charge < -0.3 is 0 Å². The van der Waals surface area contributed by atoms with E-state index in [2.05, 4.69) is 152 Å². The molecule has 44 heavy (non-hydrogen) atoms. The number of allylic oxidation sites excluding steroid dienone is 2. The van der Waals surface area contributed by atoms with Gasteiger partial charge in [-0.05, 0) is 0 Å². The Morgan fingerprint density at radius 2 is 0.932 bits per heavy atom. The Hall–Kier alpha value is -2.55. The summed E-state index contributed by atoms with van der Waals surface area (Å²) in [6.45, 7) is 7.34. The van der Waals surface area contributed by atoms with E-state index in [1.54, 1.807) is 11.1 Å². The van der Waals surface area contributed by atoms with Crippen LogP contribution in [-0.4, -0.2) is 6.94 Å². The molecule has 6 rings (SSSR count). The van der Waals surface area contributed by atoms with Crippen LogP contribution < -0.4 is 0 Å². The van der Waals surface area contributed by atoms with E-state index < -0.39 is 14.2 Å². The molecule has 0 radical (unpaired) electrons. The van der Waals surface area contributed by atoms with Crippen molar-refractivity contribution in [1.29, 1.82) is 0 Å². The summed E-state index contributed by atoms with van der Waals surface area (Å²) >= 11 is -5.07. The first-order valence-corrected chi connectivity index (χ1v) is 42.1. The Morgan fingerprint density at radius 1 is 0.523 bits per heavy atom. The predicted molar refractivity (Wildman–Crippen MR) is 196 cm³/mol. The second kappa shape index (κ2) is 10.8. The zero-order chi connectivity index (χ0) is 31.0. The topological polar surface area (TPSA) is 0 Å². The Bertz CT molecular complexity index is 1730. The SMILES string of the molecule is CCCC[CH2][Hf]([CH3])([CH3])(=[SiH2])([CH2]CCCC)([CH]1C=Cc2c(-c3ccccc3)cccc21)[CH]1C=Cc2c(-c3ccccc3)cccc21. The first kappa shape index (κ1) is 31.4. The molecule has 2 unspecified atom stereocenters. The zero-order valence-electron chi connectivity index (χ0n) is 27.6. The number of hydrogen-bond acceptors (Lipinski definition) is 0. The van der Waals surface area contributed by atoms with Gasteiger partial charge in [0.05, 0.1) is 0 Å². The average molecular weight is 763 g/mol. The summed E-state index contributed by atoms with van der Waals surface area (Å²) < 4.78 is 9.57. The van der Waals surface area contributed by atoms with Crippen LogP contribution in [0.5, 0.6) is 0 Å². The molecule has 0 fully saturated rings. The number of benzene rings is 4. The third-order valence-electron chi connectivity index (χ3n) is 12.8. The fourth-order valence-corrected chi connectivity index (χ4v) is 59.7. The first-order valence-electron chi connectivity index (χ1n) is 17.3. The molecule has 0 nitrogen and oxygen atoms in total. The molecular formula is C42H52HfSi. The molecule has 0 amide bonds. The van der Waals surface area contributed by atoms with Gasteiger partial charge in [-0.25, -0.2) is 0 Å². The molecule has 0 N–H and O–H groups in total. The normalized spacial score (nSPS) is 19.5. The molecule has 2 aliphatic rings. The second-order valence-corrected chi connectivity index (χ2v) is 93.9. The van der Waals surface area contributed by atoms with Crippen LogP contribution >= 0.6 is 0 Å². The Morgan fingerprint density at radius 3 is 1.32 bits per heavy atom. The van der Waals surface area contributed by atoms with E-state index in [4.69, 9.17) is 0 Å². The second-order valence-electron chi connectivity index (χ2n) is 16.9. The molecular weight excluding hydrogens is 711 g/mol. The fourth-order valence-electron chi connectivity index (χ4n) is 10.1. The van der Waals surface area contributed by atoms with Gasteiger partial charge in [0.1, 0.15) is 0 Å². The van der Waals surface area contributed by atoms with E-state index in [1.807, 2.05) is 0 Å². The standard InChI is InChI=1S/2C15H11.2C5H11.2CH3.Hf.H2Si/c2*1-2-6-12(7-3-1)14-10-4-8-13-9-5-11-15(13)14;2*1-3-5-4-2;;;;/h2*1-11H;2*1,3-5H2,2H3;2*1H3;;1H2. The Balaban J connectivity index is 1.63. The quantitative estimate of drug-likeness (QED) is 0.0996. The minimum absolute atomic E-state index is 0.464. The molecule has 0 bridgehead atoms. The molecule has 0 heterocycles. The van der Waals surface area contributed by atoms with Crippen LogP contribution in [0.25, 0.3) is 34.4 Å². The van der Waals surface area contributed by atoms with Gasteiger partial charge in [-0.3, -0.25) is 0 Å². The van der Waals surface area contributed by atoms with Crippen LogP contribution in [0.3, 0.4) is 0 Å². The maximum atomic E-state index is 2.95. The summed E-state index contributed by atoms with van der Waals surface area (Å²) in [4.78, 5) is 0. The summed E-state index contributed by atoms with van der Waals surface area (Å²) in [7, 11) is 0. The van der Waals surface area contributed by atoms with Gasteiger partial charge in [-0.15, -0.1) is 0 Å². The summed E-state index contributed by atoms with van der Waals surface area (Å²) in [5, 5.41) is 0. The molecule has 228 valence electrons. The number of rotatable bonds is 12. The molecule has 0 saturated carbocycles. The minimum atomic E-state index is -5.07. The van der Waals surface area contributed by atoms with Crippen molar-refractivity contribution in [2.75, 3.05) is 0 Å². The van der Waals surface area contributed by atoms with E-state index in [0.29, 0.717) is 7.35 Å². The van der Waals surface area contributed by atoms with E-state index in [0.717, 1.165) is 0 Å². The first-order chi connectivity index (χ1) is 21.1. The molecule has 4 aromatic carbocycles. The van der Waals surface area contributed by atoms with Crippen LogP contribution in [0.2, 0.25) is 17.7 Å². The summed E-state index contributed by atoms with van der Waals surface area (Å²) in [5.41, 5.74) is 11.5.